The Bertz CT molecular complexity index is 1330. The molecule has 0 amide bonds. The number of hydrogen-bond donors (Lipinski definition) is 0. The fourth-order valence-corrected chi connectivity index (χ4v) is 3.36. The number of rotatable bonds is 6. The molecule has 0 fully saturated rings. The minimum atomic E-state index is 0.431. The fraction of sp³-hybridized carbons (Fsp3) is 0.0833. The van der Waals surface area contributed by atoms with Crippen LogP contribution in [0.15, 0.2) is 85.6 Å². The molecule has 0 atom stereocenters. The summed E-state index contributed by atoms with van der Waals surface area (Å²) in [5.74, 6) is 1.90. The van der Waals surface area contributed by atoms with E-state index >= 15 is 0 Å². The molecule has 7 nitrogen and oxygen atoms in total. The average molecular weight is 409 g/mol. The van der Waals surface area contributed by atoms with Gasteiger partial charge in [-0.2, -0.15) is 5.10 Å². The van der Waals surface area contributed by atoms with Gasteiger partial charge >= 0.3 is 0 Å². The third-order valence-corrected chi connectivity index (χ3v) is 4.89. The number of ether oxygens (including phenoxy) is 2. The van der Waals surface area contributed by atoms with Crippen molar-refractivity contribution in [2.24, 2.45) is 0 Å². The molecule has 31 heavy (non-hydrogen) atoms. The predicted octanol–water partition coefficient (Wildman–Crippen LogP) is 4.47. The van der Waals surface area contributed by atoms with Crippen LogP contribution in [0.25, 0.3) is 27.8 Å². The number of hydrogen-bond acceptors (Lipinski definition) is 6. The van der Waals surface area contributed by atoms with Crippen LogP contribution in [0.4, 0.5) is 0 Å². The lowest BCUT2D eigenvalue weighted by molar-refractivity contribution is 0.293. The minimum Gasteiger partial charge on any atom is -0.494 e. The van der Waals surface area contributed by atoms with Gasteiger partial charge in [0, 0.05) is 22.5 Å². The Morgan fingerprint density at radius 1 is 0.871 bits per heavy atom. The van der Waals surface area contributed by atoms with Crippen molar-refractivity contribution in [1.82, 2.24) is 24.7 Å². The molecule has 0 bridgehead atoms. The second-order valence-electron chi connectivity index (χ2n) is 6.89. The van der Waals surface area contributed by atoms with Crippen molar-refractivity contribution in [3.8, 4) is 28.7 Å². The fourth-order valence-electron chi connectivity index (χ4n) is 3.36. The SMILES string of the molecule is COc1cnc(-n2cc(-c3cncc(OCc4ccccc4)n3)cn2)c2ccccc12. The third-order valence-electron chi connectivity index (χ3n) is 4.89. The van der Waals surface area contributed by atoms with Crippen LogP contribution in [0, 0.1) is 0 Å². The third kappa shape index (κ3) is 3.81. The van der Waals surface area contributed by atoms with E-state index in [2.05, 4.69) is 20.1 Å². The van der Waals surface area contributed by atoms with Crippen molar-refractivity contribution in [2.75, 3.05) is 7.11 Å². The van der Waals surface area contributed by atoms with Crippen molar-refractivity contribution in [1.29, 1.82) is 0 Å². The summed E-state index contributed by atoms with van der Waals surface area (Å²) in [6, 6.07) is 17.9. The zero-order valence-corrected chi connectivity index (χ0v) is 16.8. The quantitative estimate of drug-likeness (QED) is 0.412. The van der Waals surface area contributed by atoms with Crippen molar-refractivity contribution < 1.29 is 9.47 Å². The number of fused-ring (bicyclic) bond motifs is 1. The summed E-state index contributed by atoms with van der Waals surface area (Å²) >= 11 is 0. The van der Waals surface area contributed by atoms with E-state index in [1.807, 2.05) is 60.8 Å². The average Bonchev–Trinajstić information content (AvgIpc) is 3.33. The lowest BCUT2D eigenvalue weighted by Gasteiger charge is -2.09. The Kier molecular flexibility index (Phi) is 4.98. The zero-order chi connectivity index (χ0) is 21.0. The van der Waals surface area contributed by atoms with E-state index in [1.54, 1.807) is 36.6 Å². The molecule has 3 aromatic heterocycles. The minimum absolute atomic E-state index is 0.431. The van der Waals surface area contributed by atoms with Gasteiger partial charge in [-0.15, -0.1) is 0 Å². The molecule has 2 aromatic carbocycles. The standard InChI is InChI=1S/C24H19N5O2/c1-30-22-13-26-24(20-10-6-5-9-19(20)22)29-15-18(11-27-29)21-12-25-14-23(28-21)31-16-17-7-3-2-4-8-17/h2-15H,16H2,1H3. The van der Waals surface area contributed by atoms with Crippen LogP contribution >= 0.6 is 0 Å². The Morgan fingerprint density at radius 3 is 2.52 bits per heavy atom. The van der Waals surface area contributed by atoms with Crippen LogP contribution in [0.3, 0.4) is 0 Å². The molecule has 0 spiro atoms. The van der Waals surface area contributed by atoms with Gasteiger partial charge in [0.05, 0.1) is 37.6 Å². The molecule has 0 aliphatic heterocycles. The van der Waals surface area contributed by atoms with Gasteiger partial charge in [-0.1, -0.05) is 54.6 Å². The molecular weight excluding hydrogens is 390 g/mol. The molecule has 5 aromatic rings. The second kappa shape index (κ2) is 8.23. The molecule has 0 saturated carbocycles. The van der Waals surface area contributed by atoms with E-state index in [9.17, 15) is 0 Å². The number of nitrogens with zero attached hydrogens (tertiary/aromatic N) is 5. The molecule has 3 heterocycles. The van der Waals surface area contributed by atoms with Crippen LogP contribution < -0.4 is 9.47 Å². The van der Waals surface area contributed by atoms with Crippen molar-refractivity contribution >= 4 is 10.8 Å². The summed E-state index contributed by atoms with van der Waals surface area (Å²) in [5.41, 5.74) is 2.56. The van der Waals surface area contributed by atoms with Crippen LogP contribution in [-0.4, -0.2) is 31.8 Å². The van der Waals surface area contributed by atoms with Crippen LogP contribution in [0.2, 0.25) is 0 Å². The van der Waals surface area contributed by atoms with Crippen LogP contribution in [0.1, 0.15) is 5.56 Å². The molecule has 0 aliphatic carbocycles. The molecule has 0 aliphatic rings. The van der Waals surface area contributed by atoms with Gasteiger partial charge in [-0.25, -0.2) is 14.6 Å². The van der Waals surface area contributed by atoms with Crippen molar-refractivity contribution in [2.45, 2.75) is 6.61 Å². The highest BCUT2D eigenvalue weighted by Gasteiger charge is 2.12. The zero-order valence-electron chi connectivity index (χ0n) is 16.8. The summed E-state index contributed by atoms with van der Waals surface area (Å²) in [5, 5.41) is 6.42. The Morgan fingerprint density at radius 2 is 1.68 bits per heavy atom. The topological polar surface area (TPSA) is 75.0 Å². The Balaban J connectivity index is 1.43. The van der Waals surface area contributed by atoms with E-state index in [-0.39, 0.29) is 0 Å². The summed E-state index contributed by atoms with van der Waals surface area (Å²) in [6.45, 7) is 0.431. The first kappa shape index (κ1) is 18.7. The van der Waals surface area contributed by atoms with Gasteiger partial charge < -0.3 is 9.47 Å². The van der Waals surface area contributed by atoms with Gasteiger partial charge in [-0.3, -0.25) is 4.98 Å². The first-order valence-corrected chi connectivity index (χ1v) is 9.78. The number of pyridine rings is 1. The molecule has 152 valence electrons. The monoisotopic (exact) mass is 409 g/mol. The highest BCUT2D eigenvalue weighted by atomic mass is 16.5. The number of benzene rings is 2. The van der Waals surface area contributed by atoms with Crippen LogP contribution in [-0.2, 0) is 6.61 Å². The molecule has 5 rings (SSSR count). The van der Waals surface area contributed by atoms with Gasteiger partial charge in [0.1, 0.15) is 12.4 Å². The second-order valence-corrected chi connectivity index (χ2v) is 6.89. The summed E-state index contributed by atoms with van der Waals surface area (Å²) < 4.78 is 13.0. The smallest absolute Gasteiger partial charge is 0.233 e. The van der Waals surface area contributed by atoms with E-state index in [4.69, 9.17) is 9.47 Å². The number of aromatic nitrogens is 5. The Labute approximate surface area is 179 Å². The maximum atomic E-state index is 5.80. The highest BCUT2D eigenvalue weighted by Crippen LogP contribution is 2.29. The molecule has 0 N–H and O–H groups in total. The van der Waals surface area contributed by atoms with Gasteiger partial charge in [0.25, 0.3) is 0 Å². The maximum Gasteiger partial charge on any atom is 0.233 e. The first-order chi connectivity index (χ1) is 15.3. The van der Waals surface area contributed by atoms with E-state index in [0.29, 0.717) is 24.0 Å². The van der Waals surface area contributed by atoms with E-state index in [0.717, 1.165) is 27.6 Å². The van der Waals surface area contributed by atoms with Gasteiger partial charge in [0.2, 0.25) is 5.88 Å². The molecular formula is C24H19N5O2. The summed E-state index contributed by atoms with van der Waals surface area (Å²) in [7, 11) is 1.64. The van der Waals surface area contributed by atoms with Crippen molar-refractivity contribution in [3.63, 3.8) is 0 Å². The normalized spacial score (nSPS) is 10.9. The van der Waals surface area contributed by atoms with Gasteiger partial charge in [-0.05, 0) is 5.56 Å². The largest absolute Gasteiger partial charge is 0.494 e. The first-order valence-electron chi connectivity index (χ1n) is 9.78. The lowest BCUT2D eigenvalue weighted by Crippen LogP contribution is -2.00. The Hall–Kier alpha value is -4.26. The van der Waals surface area contributed by atoms with Gasteiger partial charge in [0.15, 0.2) is 5.82 Å². The van der Waals surface area contributed by atoms with E-state index in [1.165, 1.54) is 0 Å². The number of methoxy groups -OCH3 is 1. The predicted molar refractivity (Wildman–Crippen MR) is 117 cm³/mol. The summed E-state index contributed by atoms with van der Waals surface area (Å²) in [4.78, 5) is 13.4. The highest BCUT2D eigenvalue weighted by molar-refractivity contribution is 5.93. The maximum absolute atomic E-state index is 5.80. The summed E-state index contributed by atoms with van der Waals surface area (Å²) in [6.07, 6.45) is 8.63. The molecule has 0 unspecified atom stereocenters. The van der Waals surface area contributed by atoms with E-state index < -0.39 is 0 Å². The lowest BCUT2D eigenvalue weighted by atomic mass is 10.1. The van der Waals surface area contributed by atoms with Crippen molar-refractivity contribution in [3.05, 3.63) is 91.1 Å². The van der Waals surface area contributed by atoms with Crippen LogP contribution in [0.5, 0.6) is 11.6 Å². The molecule has 7 heteroatoms. The molecule has 0 saturated heterocycles. The molecule has 0 radical (unpaired) electrons.